The molecule has 0 amide bonds. The van der Waals surface area contributed by atoms with Crippen LogP contribution in [0.5, 0.6) is 0 Å². The third-order valence-electron chi connectivity index (χ3n) is 12.3. The molecule has 0 aromatic heterocycles. The quantitative estimate of drug-likeness (QED) is 0.153. The number of allylic oxidation sites excluding steroid dienone is 6. The number of fused-ring (bicyclic) bond motifs is 10. The van der Waals surface area contributed by atoms with Crippen LogP contribution in [-0.4, -0.2) is 0 Å². The van der Waals surface area contributed by atoms with E-state index in [1.807, 2.05) is 91.9 Å². The zero-order valence-corrected chi connectivity index (χ0v) is 41.3. The van der Waals surface area contributed by atoms with Gasteiger partial charge in [-0.25, -0.2) is 0 Å². The van der Waals surface area contributed by atoms with Crippen molar-refractivity contribution in [2.45, 2.75) is 112 Å². The molecule has 5 aromatic rings. The van der Waals surface area contributed by atoms with Gasteiger partial charge < -0.3 is 0 Å². The summed E-state index contributed by atoms with van der Waals surface area (Å²) in [5.41, 5.74) is 13.2. The lowest BCUT2D eigenvalue weighted by Crippen LogP contribution is -2.12. The Bertz CT molecular complexity index is 3200. The van der Waals surface area contributed by atoms with Crippen LogP contribution in [-0.2, 0) is 21.7 Å². The highest BCUT2D eigenvalue weighted by Crippen LogP contribution is 2.37. The Hall–Kier alpha value is -7.75. The van der Waals surface area contributed by atoms with E-state index in [4.69, 9.17) is 0 Å². The van der Waals surface area contributed by atoms with Crippen molar-refractivity contribution in [1.82, 2.24) is 0 Å². The summed E-state index contributed by atoms with van der Waals surface area (Å²) in [6.07, 6.45) is 7.49. The number of hydrogen-bond donors (Lipinski definition) is 0. The first-order chi connectivity index (χ1) is 31.3. The minimum Gasteiger partial charge on any atom is -0.192 e. The topological polar surface area (TPSA) is 119 Å². The summed E-state index contributed by atoms with van der Waals surface area (Å²) in [7, 11) is 0. The third kappa shape index (κ3) is 11.2. The van der Waals surface area contributed by atoms with E-state index in [0.717, 1.165) is 55.6 Å². The molecule has 0 radical (unpaired) electrons. The molecule has 0 atom stereocenters. The SMILES string of the molecule is C/C1=C(/C#N)c2cccc(c2)/C=C(\C#N)c2cc(cc(C(C)(C)C)c2)/C=C(\C#N)c2cc(cc(C(C)(C)C)c2)/C=C(\C#N)c2cc(cc(C(C)(C)C)c2)/C=C(\C#N)c2cc1cc(C(C)(C)C)c2. The first-order valence-corrected chi connectivity index (χ1v) is 22.7. The minimum atomic E-state index is -0.293. The van der Waals surface area contributed by atoms with Crippen LogP contribution >= 0.6 is 0 Å². The Morgan fingerprint density at radius 3 is 0.940 bits per heavy atom. The van der Waals surface area contributed by atoms with E-state index in [0.29, 0.717) is 55.7 Å². The molecule has 1 aliphatic rings. The van der Waals surface area contributed by atoms with Crippen molar-refractivity contribution >= 4 is 57.7 Å². The second kappa shape index (κ2) is 18.6. The second-order valence-corrected chi connectivity index (χ2v) is 21.7. The monoisotopic (exact) mass is 873 g/mol. The van der Waals surface area contributed by atoms with Crippen LogP contribution in [0.1, 0.15) is 168 Å². The largest absolute Gasteiger partial charge is 0.192 e. The lowest BCUT2D eigenvalue weighted by molar-refractivity contribution is 0.589. The van der Waals surface area contributed by atoms with Gasteiger partial charge in [-0.1, -0.05) is 126 Å². The van der Waals surface area contributed by atoms with Gasteiger partial charge in [-0.3, -0.25) is 0 Å². The van der Waals surface area contributed by atoms with E-state index in [2.05, 4.69) is 150 Å². The van der Waals surface area contributed by atoms with Gasteiger partial charge in [0.05, 0.1) is 52.1 Å². The highest BCUT2D eigenvalue weighted by Gasteiger charge is 2.23. The van der Waals surface area contributed by atoms with Crippen LogP contribution in [0.15, 0.2) is 97.1 Å². The van der Waals surface area contributed by atoms with Crippen molar-refractivity contribution in [3.8, 4) is 30.3 Å². The predicted molar refractivity (Wildman–Crippen MR) is 279 cm³/mol. The van der Waals surface area contributed by atoms with Crippen LogP contribution in [0.2, 0.25) is 0 Å². The molecule has 0 unspecified atom stereocenters. The lowest BCUT2D eigenvalue weighted by atomic mass is 9.82. The Morgan fingerprint density at radius 2 is 0.612 bits per heavy atom. The summed E-state index contributed by atoms with van der Waals surface area (Å²) in [5.74, 6) is 0. The molecule has 1 aliphatic carbocycles. The summed E-state index contributed by atoms with van der Waals surface area (Å²) >= 11 is 0. The zero-order valence-electron chi connectivity index (χ0n) is 41.3. The maximum absolute atomic E-state index is 10.9. The Labute approximate surface area is 399 Å². The van der Waals surface area contributed by atoms with E-state index < -0.39 is 0 Å². The van der Waals surface area contributed by atoms with Gasteiger partial charge in [0.25, 0.3) is 0 Å². The van der Waals surface area contributed by atoms with Gasteiger partial charge in [-0.15, -0.1) is 0 Å². The molecule has 0 aliphatic heterocycles. The number of nitrogens with zero attached hydrogens (tertiary/aromatic N) is 5. The fourth-order valence-corrected chi connectivity index (χ4v) is 8.08. The predicted octanol–water partition coefficient (Wildman–Crippen LogP) is 15.9. The molecule has 5 nitrogen and oxygen atoms in total. The molecule has 67 heavy (non-hydrogen) atoms. The van der Waals surface area contributed by atoms with Gasteiger partial charge in [-0.05, 0) is 191 Å². The molecule has 0 saturated heterocycles. The van der Waals surface area contributed by atoms with Crippen LogP contribution in [0, 0.1) is 56.7 Å². The van der Waals surface area contributed by atoms with E-state index >= 15 is 0 Å². The fraction of sp³-hybridized carbons (Fsp3) is 0.274. The second-order valence-electron chi connectivity index (χ2n) is 21.7. The number of nitriles is 5. The van der Waals surface area contributed by atoms with Crippen molar-refractivity contribution in [3.63, 3.8) is 0 Å². The van der Waals surface area contributed by atoms with Gasteiger partial charge in [0.1, 0.15) is 6.07 Å². The smallest absolute Gasteiger partial charge is 0.100 e. The van der Waals surface area contributed by atoms with E-state index in [1.54, 1.807) is 0 Å². The highest BCUT2D eigenvalue weighted by atomic mass is 14.3. The van der Waals surface area contributed by atoms with Crippen LogP contribution in [0.4, 0.5) is 0 Å². The molecule has 5 aromatic carbocycles. The third-order valence-corrected chi connectivity index (χ3v) is 12.3. The molecule has 0 fully saturated rings. The number of hydrogen-bond acceptors (Lipinski definition) is 5. The van der Waals surface area contributed by atoms with Crippen molar-refractivity contribution < 1.29 is 0 Å². The van der Waals surface area contributed by atoms with Gasteiger partial charge in [0.15, 0.2) is 0 Å². The molecule has 0 spiro atoms. The van der Waals surface area contributed by atoms with Crippen LogP contribution in [0.25, 0.3) is 57.7 Å². The summed E-state index contributed by atoms with van der Waals surface area (Å²) in [6, 6.07) is 44.4. The Kier molecular flexibility index (Phi) is 13.5. The van der Waals surface area contributed by atoms with Gasteiger partial charge in [0, 0.05) is 0 Å². The van der Waals surface area contributed by atoms with Crippen LogP contribution in [0.3, 0.4) is 0 Å². The number of benzene rings is 5. The number of rotatable bonds is 0. The molecule has 6 rings (SSSR count). The average Bonchev–Trinajstić information content (AvgIpc) is 3.26. The molecule has 0 N–H and O–H groups in total. The molecule has 10 bridgehead atoms. The summed E-state index contributed by atoms with van der Waals surface area (Å²) in [6.45, 7) is 27.5. The molecule has 0 saturated carbocycles. The first-order valence-electron chi connectivity index (χ1n) is 22.7. The lowest BCUT2D eigenvalue weighted by Gasteiger charge is -2.22. The van der Waals surface area contributed by atoms with Crippen molar-refractivity contribution in [3.05, 3.63) is 175 Å². The summed E-state index contributed by atoms with van der Waals surface area (Å²) in [5, 5.41) is 54.2. The fourth-order valence-electron chi connectivity index (χ4n) is 8.08. The summed E-state index contributed by atoms with van der Waals surface area (Å²) < 4.78 is 0. The average molecular weight is 874 g/mol. The normalized spacial score (nSPS) is 17.9. The maximum Gasteiger partial charge on any atom is 0.100 e. The zero-order chi connectivity index (χ0) is 49.2. The molecular formula is C62H59N5. The van der Waals surface area contributed by atoms with Crippen molar-refractivity contribution in [2.24, 2.45) is 0 Å². The van der Waals surface area contributed by atoms with E-state index in [9.17, 15) is 26.3 Å². The molecule has 0 heterocycles. The Balaban J connectivity index is 1.78. The molecular weight excluding hydrogens is 815 g/mol. The van der Waals surface area contributed by atoms with Gasteiger partial charge >= 0.3 is 0 Å². The van der Waals surface area contributed by atoms with Crippen molar-refractivity contribution in [1.29, 1.82) is 26.3 Å². The standard InChI is InChI=1S/C62H59N5/c1-39-45-28-49(33-57(29-45)62(11,12)13)53(37-66)24-43-21-48(32-56(27-43)61(8,9)10)52(36-65)23-42-20-47(31-55(26-42)60(5,6)7)51(35-64)22-41-19-46(30-54(25-41)59(2,3)4)50(34-63)18-40-15-14-16-44(17-40)58(39)38-67/h14-33H,1-13H3/b50-18+,51-22+,52-23+,53-24+,58-39+. The maximum atomic E-state index is 10.9. The van der Waals surface area contributed by atoms with Crippen molar-refractivity contribution in [2.75, 3.05) is 0 Å². The van der Waals surface area contributed by atoms with Gasteiger partial charge in [-0.2, -0.15) is 26.3 Å². The van der Waals surface area contributed by atoms with Crippen LogP contribution < -0.4 is 0 Å². The Morgan fingerprint density at radius 1 is 0.313 bits per heavy atom. The minimum absolute atomic E-state index is 0.285. The molecule has 332 valence electrons. The van der Waals surface area contributed by atoms with Gasteiger partial charge in [0.2, 0.25) is 0 Å². The summed E-state index contributed by atoms with van der Waals surface area (Å²) in [4.78, 5) is 0. The van der Waals surface area contributed by atoms with E-state index in [-0.39, 0.29) is 21.7 Å². The highest BCUT2D eigenvalue weighted by molar-refractivity contribution is 6.00. The first kappa shape index (κ1) is 48.7. The van der Waals surface area contributed by atoms with E-state index in [1.165, 1.54) is 0 Å². The molecule has 5 heteroatoms.